The minimum Gasteiger partial charge on any atom is -0.493 e. The lowest BCUT2D eigenvalue weighted by Gasteiger charge is -2.11. The largest absolute Gasteiger partial charge is 0.493 e. The highest BCUT2D eigenvalue weighted by Crippen LogP contribution is 2.34. The predicted molar refractivity (Wildman–Crippen MR) is 92.8 cm³/mol. The first-order valence-electron chi connectivity index (χ1n) is 7.52. The van der Waals surface area contributed by atoms with Crippen molar-refractivity contribution in [3.05, 3.63) is 27.7 Å². The molecule has 0 spiro atoms. The van der Waals surface area contributed by atoms with Crippen molar-refractivity contribution in [3.63, 3.8) is 0 Å². The maximum absolute atomic E-state index is 12.2. The third-order valence-electron chi connectivity index (χ3n) is 3.68. The molecule has 24 heavy (non-hydrogen) atoms. The van der Waals surface area contributed by atoms with Crippen LogP contribution in [0.5, 0.6) is 11.5 Å². The predicted octanol–water partition coefficient (Wildman–Crippen LogP) is 2.67. The fraction of sp³-hybridized carbons (Fsp3) is 0.412. The van der Waals surface area contributed by atoms with Crippen molar-refractivity contribution in [2.75, 3.05) is 27.4 Å². The van der Waals surface area contributed by atoms with Gasteiger partial charge in [0.15, 0.2) is 11.5 Å². The Balaban J connectivity index is 2.16. The molecule has 7 heteroatoms. The lowest BCUT2D eigenvalue weighted by atomic mass is 10.1. The summed E-state index contributed by atoms with van der Waals surface area (Å²) in [6, 6.07) is 5.36. The van der Waals surface area contributed by atoms with Crippen molar-refractivity contribution in [1.82, 2.24) is 5.32 Å². The van der Waals surface area contributed by atoms with Gasteiger partial charge in [-0.3, -0.25) is 4.79 Å². The molecule has 1 heterocycles. The van der Waals surface area contributed by atoms with Crippen LogP contribution in [-0.2, 0) is 9.53 Å². The fourth-order valence-corrected chi connectivity index (χ4v) is 2.83. The zero-order chi connectivity index (χ0) is 17.5. The molecule has 0 bridgehead atoms. The molecule has 1 aromatic rings. The van der Waals surface area contributed by atoms with Gasteiger partial charge in [-0.15, -0.1) is 0 Å². The van der Waals surface area contributed by atoms with E-state index >= 15 is 0 Å². The minimum atomic E-state index is -0.422. The Morgan fingerprint density at radius 1 is 1.46 bits per heavy atom. The summed E-state index contributed by atoms with van der Waals surface area (Å²) in [5.41, 5.74) is 0.664. The van der Waals surface area contributed by atoms with Crippen LogP contribution in [0.15, 0.2) is 22.2 Å². The Hall–Kier alpha value is -2.04. The summed E-state index contributed by atoms with van der Waals surface area (Å²) in [5, 5.41) is 12.0. The van der Waals surface area contributed by atoms with Crippen molar-refractivity contribution >= 4 is 27.9 Å². The first-order chi connectivity index (χ1) is 11.6. The highest BCUT2D eigenvalue weighted by molar-refractivity contribution is 9.10. The number of hydrogen-bond acceptors (Lipinski definition) is 5. The van der Waals surface area contributed by atoms with E-state index in [2.05, 4.69) is 21.2 Å². The van der Waals surface area contributed by atoms with Crippen LogP contribution in [0, 0.1) is 11.3 Å². The second-order valence-electron chi connectivity index (χ2n) is 5.24. The van der Waals surface area contributed by atoms with Gasteiger partial charge >= 0.3 is 0 Å². The summed E-state index contributed by atoms with van der Waals surface area (Å²) >= 11 is 3.41. The molecule has 0 saturated carbocycles. The first-order valence-corrected chi connectivity index (χ1v) is 8.31. The van der Waals surface area contributed by atoms with Crippen molar-refractivity contribution in [2.24, 2.45) is 0 Å². The quantitative estimate of drug-likeness (QED) is 0.592. The Bertz CT molecular complexity index is 676. The van der Waals surface area contributed by atoms with E-state index in [4.69, 9.17) is 14.2 Å². The van der Waals surface area contributed by atoms with Gasteiger partial charge in [0.05, 0.1) is 20.3 Å². The number of methoxy groups -OCH3 is 2. The Morgan fingerprint density at radius 2 is 2.17 bits per heavy atom. The lowest BCUT2D eigenvalue weighted by Crippen LogP contribution is -2.32. The summed E-state index contributed by atoms with van der Waals surface area (Å²) in [7, 11) is 3.07. The van der Waals surface area contributed by atoms with Crippen molar-refractivity contribution < 1.29 is 19.0 Å². The van der Waals surface area contributed by atoms with E-state index in [1.165, 1.54) is 13.2 Å². The van der Waals surface area contributed by atoms with Crippen LogP contribution < -0.4 is 14.8 Å². The summed E-state index contributed by atoms with van der Waals surface area (Å²) in [6.45, 7) is 1.13. The number of carbonyl (C=O) groups is 1. The van der Waals surface area contributed by atoms with Gasteiger partial charge in [-0.25, -0.2) is 0 Å². The Kier molecular flexibility index (Phi) is 6.64. The molecule has 0 aromatic heterocycles. The third kappa shape index (κ3) is 4.49. The number of nitriles is 1. The average Bonchev–Trinajstić information content (AvgIpc) is 3.11. The second-order valence-corrected chi connectivity index (χ2v) is 6.10. The Labute approximate surface area is 149 Å². The molecule has 0 radical (unpaired) electrons. The number of nitrogens with one attached hydrogen (secondary N) is 1. The summed E-state index contributed by atoms with van der Waals surface area (Å²) in [4.78, 5) is 12.2. The maximum atomic E-state index is 12.2. The van der Waals surface area contributed by atoms with Gasteiger partial charge in [0.1, 0.15) is 11.6 Å². The molecule has 1 atom stereocenters. The van der Waals surface area contributed by atoms with Gasteiger partial charge in [-0.05, 0) is 36.6 Å². The zero-order valence-electron chi connectivity index (χ0n) is 13.6. The van der Waals surface area contributed by atoms with Crippen molar-refractivity contribution in [1.29, 1.82) is 5.26 Å². The number of amides is 1. The number of rotatable bonds is 6. The van der Waals surface area contributed by atoms with Crippen LogP contribution in [0.1, 0.15) is 18.4 Å². The van der Waals surface area contributed by atoms with E-state index in [-0.39, 0.29) is 11.7 Å². The molecule has 2 rings (SSSR count). The van der Waals surface area contributed by atoms with E-state index in [1.807, 2.05) is 6.07 Å². The molecule has 6 nitrogen and oxygen atoms in total. The molecule has 1 aliphatic heterocycles. The molecule has 1 fully saturated rings. The van der Waals surface area contributed by atoms with Gasteiger partial charge in [-0.2, -0.15) is 5.26 Å². The van der Waals surface area contributed by atoms with E-state index in [1.54, 1.807) is 19.2 Å². The molecular formula is C17H19BrN2O4. The number of ether oxygens (including phenoxy) is 3. The molecule has 0 aliphatic carbocycles. The highest BCUT2D eigenvalue weighted by atomic mass is 79.9. The van der Waals surface area contributed by atoms with Crippen molar-refractivity contribution in [2.45, 2.75) is 18.9 Å². The van der Waals surface area contributed by atoms with Gasteiger partial charge in [0.2, 0.25) is 0 Å². The molecule has 128 valence electrons. The molecule has 1 aromatic carbocycles. The molecular weight excluding hydrogens is 376 g/mol. The van der Waals surface area contributed by atoms with Crippen LogP contribution in [0.2, 0.25) is 0 Å². The number of hydrogen-bond donors (Lipinski definition) is 1. The number of nitrogens with zero attached hydrogens (tertiary/aromatic N) is 1. The highest BCUT2D eigenvalue weighted by Gasteiger charge is 2.18. The van der Waals surface area contributed by atoms with Crippen LogP contribution >= 0.6 is 15.9 Å². The van der Waals surface area contributed by atoms with Gasteiger partial charge in [0.25, 0.3) is 5.91 Å². The minimum absolute atomic E-state index is 0.0147. The normalized spacial score (nSPS) is 17.2. The SMILES string of the molecule is COc1cc(Br)c(/C=C(\C#N)C(=O)NC[C@@H]2CCCO2)cc1OC. The zero-order valence-corrected chi connectivity index (χ0v) is 15.2. The lowest BCUT2D eigenvalue weighted by molar-refractivity contribution is -0.117. The molecule has 1 saturated heterocycles. The monoisotopic (exact) mass is 394 g/mol. The number of benzene rings is 1. The van der Waals surface area contributed by atoms with Gasteiger partial charge < -0.3 is 19.5 Å². The van der Waals surface area contributed by atoms with Gasteiger partial charge in [-0.1, -0.05) is 15.9 Å². The van der Waals surface area contributed by atoms with Crippen LogP contribution in [0.25, 0.3) is 6.08 Å². The van der Waals surface area contributed by atoms with Crippen LogP contribution in [0.3, 0.4) is 0 Å². The van der Waals surface area contributed by atoms with Crippen LogP contribution in [-0.4, -0.2) is 39.4 Å². The summed E-state index contributed by atoms with van der Waals surface area (Å²) in [5.74, 6) is 0.654. The number of halogens is 1. The molecule has 0 unspecified atom stereocenters. The van der Waals surface area contributed by atoms with Crippen LogP contribution in [0.4, 0.5) is 0 Å². The van der Waals surface area contributed by atoms with E-state index in [0.29, 0.717) is 28.1 Å². The molecule has 1 aliphatic rings. The topological polar surface area (TPSA) is 80.6 Å². The number of carbonyl (C=O) groups excluding carboxylic acids is 1. The second kappa shape index (κ2) is 8.71. The fourth-order valence-electron chi connectivity index (χ4n) is 2.39. The van der Waals surface area contributed by atoms with Gasteiger partial charge in [0, 0.05) is 17.6 Å². The average molecular weight is 395 g/mol. The first kappa shape index (κ1) is 18.3. The molecule has 1 N–H and O–H groups in total. The standard InChI is InChI=1S/C17H19BrN2O4/c1-22-15-7-11(14(18)8-16(15)23-2)6-12(9-19)17(21)20-10-13-4-3-5-24-13/h6-8,13H,3-5,10H2,1-2H3,(H,20,21)/b12-6+/t13-/m0/s1. The van der Waals surface area contributed by atoms with E-state index in [9.17, 15) is 10.1 Å². The smallest absolute Gasteiger partial charge is 0.262 e. The van der Waals surface area contributed by atoms with E-state index in [0.717, 1.165) is 19.4 Å². The van der Waals surface area contributed by atoms with Crippen molar-refractivity contribution in [3.8, 4) is 17.6 Å². The Morgan fingerprint density at radius 3 is 2.75 bits per heavy atom. The molecule has 1 amide bonds. The summed E-state index contributed by atoms with van der Waals surface area (Å²) in [6.07, 6.45) is 3.46. The summed E-state index contributed by atoms with van der Waals surface area (Å²) < 4.78 is 16.6. The van der Waals surface area contributed by atoms with E-state index < -0.39 is 5.91 Å². The third-order valence-corrected chi connectivity index (χ3v) is 4.37. The maximum Gasteiger partial charge on any atom is 0.262 e.